The first-order valence-corrected chi connectivity index (χ1v) is 6.14. The van der Waals surface area contributed by atoms with E-state index in [-0.39, 0.29) is 16.5 Å². The maximum absolute atomic E-state index is 11.0. The van der Waals surface area contributed by atoms with Crippen LogP contribution in [0.25, 0.3) is 0 Å². The van der Waals surface area contributed by atoms with Crippen molar-refractivity contribution >= 4 is 23.4 Å². The van der Waals surface area contributed by atoms with Crippen LogP contribution in [0.15, 0.2) is 23.1 Å². The van der Waals surface area contributed by atoms with Gasteiger partial charge >= 0.3 is 0 Å². The van der Waals surface area contributed by atoms with Gasteiger partial charge in [-0.1, -0.05) is 6.92 Å². The Balaban J connectivity index is 3.15. The number of aliphatic hydroxyl groups is 1. The van der Waals surface area contributed by atoms with Gasteiger partial charge in [-0.05, 0) is 19.1 Å². The molecule has 0 aliphatic carbocycles. The fourth-order valence-corrected chi connectivity index (χ4v) is 2.27. The zero-order valence-corrected chi connectivity index (χ0v) is 10.8. The van der Waals surface area contributed by atoms with E-state index in [1.165, 1.54) is 18.2 Å². The van der Waals surface area contributed by atoms with E-state index >= 15 is 0 Å². The lowest BCUT2D eigenvalue weighted by Gasteiger charge is -2.14. The van der Waals surface area contributed by atoms with Gasteiger partial charge in [0.2, 0.25) is 5.91 Å². The van der Waals surface area contributed by atoms with Crippen LogP contribution in [-0.2, 0) is 0 Å². The molecule has 18 heavy (non-hydrogen) atoms. The summed E-state index contributed by atoms with van der Waals surface area (Å²) in [6, 6.07) is 3.94. The van der Waals surface area contributed by atoms with Crippen molar-refractivity contribution in [3.8, 4) is 0 Å². The van der Waals surface area contributed by atoms with E-state index in [2.05, 4.69) is 0 Å². The molecule has 2 atom stereocenters. The van der Waals surface area contributed by atoms with Crippen molar-refractivity contribution in [2.75, 3.05) is 0 Å². The molecule has 7 heteroatoms. The fourth-order valence-electron chi connectivity index (χ4n) is 1.21. The second-order valence-electron chi connectivity index (χ2n) is 3.87. The molecule has 0 aliphatic heterocycles. The predicted molar refractivity (Wildman–Crippen MR) is 68.6 cm³/mol. The summed E-state index contributed by atoms with van der Waals surface area (Å²) in [7, 11) is 0. The number of amides is 1. The number of nitrogens with two attached hydrogens (primary N) is 1. The van der Waals surface area contributed by atoms with Crippen LogP contribution < -0.4 is 5.73 Å². The molecule has 0 aromatic heterocycles. The summed E-state index contributed by atoms with van der Waals surface area (Å²) in [5.74, 6) is -0.642. The van der Waals surface area contributed by atoms with Crippen molar-refractivity contribution < 1.29 is 14.8 Å². The third kappa shape index (κ3) is 3.44. The lowest BCUT2D eigenvalue weighted by Crippen LogP contribution is -2.16. The highest BCUT2D eigenvalue weighted by molar-refractivity contribution is 8.00. The Kier molecular flexibility index (Phi) is 4.69. The second-order valence-corrected chi connectivity index (χ2v) is 5.29. The summed E-state index contributed by atoms with van der Waals surface area (Å²) in [5.41, 5.74) is 5.24. The molecule has 2 unspecified atom stereocenters. The van der Waals surface area contributed by atoms with Gasteiger partial charge in [-0.25, -0.2) is 0 Å². The maximum Gasteiger partial charge on any atom is 0.282 e. The van der Waals surface area contributed by atoms with E-state index < -0.39 is 16.9 Å². The Bertz CT molecular complexity index is 476. The van der Waals surface area contributed by atoms with Gasteiger partial charge in [0, 0.05) is 16.9 Å². The van der Waals surface area contributed by atoms with Crippen LogP contribution >= 0.6 is 11.8 Å². The molecule has 6 nitrogen and oxygen atoms in total. The average molecular weight is 270 g/mol. The molecular formula is C11H14N2O4S. The summed E-state index contributed by atoms with van der Waals surface area (Å²) in [6.07, 6.45) is -0.619. The van der Waals surface area contributed by atoms with E-state index in [4.69, 9.17) is 5.73 Å². The number of hydrogen-bond donors (Lipinski definition) is 2. The van der Waals surface area contributed by atoms with Crippen molar-refractivity contribution in [2.45, 2.75) is 30.1 Å². The number of nitro groups is 1. The van der Waals surface area contributed by atoms with Crippen LogP contribution in [0.4, 0.5) is 5.69 Å². The van der Waals surface area contributed by atoms with Gasteiger partial charge in [-0.3, -0.25) is 14.9 Å². The van der Waals surface area contributed by atoms with E-state index in [9.17, 15) is 20.0 Å². The number of carbonyl (C=O) groups is 1. The molecule has 1 aromatic carbocycles. The fraction of sp³-hybridized carbons (Fsp3) is 0.364. The monoisotopic (exact) mass is 270 g/mol. The largest absolute Gasteiger partial charge is 0.392 e. The van der Waals surface area contributed by atoms with Gasteiger partial charge in [0.15, 0.2) is 0 Å². The van der Waals surface area contributed by atoms with Crippen LogP contribution in [-0.4, -0.2) is 27.3 Å². The van der Waals surface area contributed by atoms with Gasteiger partial charge < -0.3 is 10.8 Å². The van der Waals surface area contributed by atoms with Gasteiger partial charge in [-0.15, -0.1) is 11.8 Å². The van der Waals surface area contributed by atoms with Crippen molar-refractivity contribution in [3.05, 3.63) is 33.9 Å². The van der Waals surface area contributed by atoms with Gasteiger partial charge in [0.05, 0.1) is 15.9 Å². The highest BCUT2D eigenvalue weighted by Crippen LogP contribution is 2.33. The average Bonchev–Trinajstić information content (AvgIpc) is 2.28. The highest BCUT2D eigenvalue weighted by Gasteiger charge is 2.20. The van der Waals surface area contributed by atoms with Crippen LogP contribution in [0.1, 0.15) is 24.2 Å². The summed E-state index contributed by atoms with van der Waals surface area (Å²) < 4.78 is 0. The smallest absolute Gasteiger partial charge is 0.282 e. The number of thioether (sulfide) groups is 1. The Morgan fingerprint density at radius 3 is 2.56 bits per heavy atom. The number of primary amides is 1. The first kappa shape index (κ1) is 14.5. The number of benzene rings is 1. The van der Waals surface area contributed by atoms with Crippen LogP contribution in [0.2, 0.25) is 0 Å². The lowest BCUT2D eigenvalue weighted by molar-refractivity contribution is -0.387. The summed E-state index contributed by atoms with van der Waals surface area (Å²) >= 11 is 1.14. The number of nitro benzene ring substituents is 1. The summed E-state index contributed by atoms with van der Waals surface area (Å²) in [4.78, 5) is 21.7. The zero-order chi connectivity index (χ0) is 13.9. The van der Waals surface area contributed by atoms with E-state index in [1.807, 2.05) is 0 Å². The third-order valence-electron chi connectivity index (χ3n) is 2.43. The Labute approximate surface area is 108 Å². The van der Waals surface area contributed by atoms with Gasteiger partial charge in [0.1, 0.15) is 0 Å². The zero-order valence-electron chi connectivity index (χ0n) is 9.99. The number of rotatable bonds is 5. The van der Waals surface area contributed by atoms with Crippen molar-refractivity contribution in [1.29, 1.82) is 0 Å². The molecule has 1 amide bonds. The van der Waals surface area contributed by atoms with Crippen LogP contribution in [0, 0.1) is 10.1 Å². The molecule has 1 rings (SSSR count). The minimum Gasteiger partial charge on any atom is -0.392 e. The predicted octanol–water partition coefficient (Wildman–Crippen LogP) is 1.56. The number of aliphatic hydroxyl groups excluding tert-OH is 1. The molecule has 0 saturated heterocycles. The minimum absolute atomic E-state index is 0.0995. The molecule has 0 aliphatic rings. The molecule has 0 heterocycles. The summed E-state index contributed by atoms with van der Waals surface area (Å²) in [6.45, 7) is 3.34. The van der Waals surface area contributed by atoms with Gasteiger partial charge in [-0.2, -0.15) is 0 Å². The maximum atomic E-state index is 11.0. The summed E-state index contributed by atoms with van der Waals surface area (Å²) in [5, 5.41) is 20.0. The first-order chi connectivity index (χ1) is 8.32. The second kappa shape index (κ2) is 5.83. The minimum atomic E-state index is -0.642. The normalized spacial score (nSPS) is 13.9. The highest BCUT2D eigenvalue weighted by atomic mass is 32.2. The Morgan fingerprint density at radius 1 is 1.50 bits per heavy atom. The molecule has 0 bridgehead atoms. The van der Waals surface area contributed by atoms with Gasteiger partial charge in [0.25, 0.3) is 5.69 Å². The number of hydrogen-bond acceptors (Lipinski definition) is 5. The Hall–Kier alpha value is -1.60. The SMILES string of the molecule is CC(O)C(C)Sc1cc(C(N)=O)ccc1[N+](=O)[O-]. The Morgan fingerprint density at radius 2 is 2.11 bits per heavy atom. The molecule has 0 saturated carbocycles. The molecule has 1 aromatic rings. The lowest BCUT2D eigenvalue weighted by atomic mass is 10.2. The van der Waals surface area contributed by atoms with Crippen LogP contribution in [0.3, 0.4) is 0 Å². The quantitative estimate of drug-likeness (QED) is 0.479. The molecule has 0 radical (unpaired) electrons. The van der Waals surface area contributed by atoms with E-state index in [1.54, 1.807) is 13.8 Å². The van der Waals surface area contributed by atoms with E-state index in [0.717, 1.165) is 11.8 Å². The molecule has 0 fully saturated rings. The number of carbonyl (C=O) groups excluding carboxylic acids is 1. The first-order valence-electron chi connectivity index (χ1n) is 5.26. The number of nitrogens with zero attached hydrogens (tertiary/aromatic N) is 1. The van der Waals surface area contributed by atoms with Crippen molar-refractivity contribution in [1.82, 2.24) is 0 Å². The molecule has 98 valence electrons. The standard InChI is InChI=1S/C11H14N2O4S/c1-6(14)7(2)18-10-5-8(11(12)15)3-4-9(10)13(16)17/h3-7,14H,1-2H3,(H2,12,15). The van der Waals surface area contributed by atoms with Crippen molar-refractivity contribution in [3.63, 3.8) is 0 Å². The molecular weight excluding hydrogens is 256 g/mol. The van der Waals surface area contributed by atoms with Crippen LogP contribution in [0.5, 0.6) is 0 Å². The molecule has 0 spiro atoms. The van der Waals surface area contributed by atoms with E-state index in [0.29, 0.717) is 4.90 Å². The topological polar surface area (TPSA) is 106 Å². The third-order valence-corrected chi connectivity index (χ3v) is 3.78. The van der Waals surface area contributed by atoms with Crippen molar-refractivity contribution in [2.24, 2.45) is 5.73 Å². The molecule has 3 N–H and O–H groups in total.